The summed E-state index contributed by atoms with van der Waals surface area (Å²) in [6, 6.07) is 4.75. The molecule has 2 amide bonds. The third kappa shape index (κ3) is 6.56. The third-order valence-electron chi connectivity index (χ3n) is 3.69. The number of hydrogen-bond donors (Lipinski definition) is 2. The van der Waals surface area contributed by atoms with Gasteiger partial charge in [0.05, 0.1) is 14.2 Å². The number of nitrogens with zero attached hydrogens (tertiary/aromatic N) is 3. The molecule has 0 bridgehead atoms. The van der Waals surface area contributed by atoms with E-state index in [1.165, 1.54) is 11.3 Å². The summed E-state index contributed by atoms with van der Waals surface area (Å²) >= 11 is 1.36. The smallest absolute Gasteiger partial charge is 0.325 e. The van der Waals surface area contributed by atoms with Crippen molar-refractivity contribution in [2.75, 3.05) is 42.8 Å². The molecule has 2 N–H and O–H groups in total. The molecule has 0 aliphatic rings. The lowest BCUT2D eigenvalue weighted by molar-refractivity contribution is 0.262. The third-order valence-corrected chi connectivity index (χ3v) is 4.59. The van der Waals surface area contributed by atoms with Crippen LogP contribution < -0.4 is 25.0 Å². The first-order chi connectivity index (χ1) is 13.3. The van der Waals surface area contributed by atoms with Gasteiger partial charge in [-0.15, -0.1) is 10.2 Å². The number of nitrogens with one attached hydrogen (secondary N) is 2. The normalized spacial score (nSPS) is 10.9. The molecule has 0 aliphatic carbocycles. The summed E-state index contributed by atoms with van der Waals surface area (Å²) in [4.78, 5) is 14.5. The summed E-state index contributed by atoms with van der Waals surface area (Å²) in [5.41, 5.74) is 0.555. The van der Waals surface area contributed by atoms with Crippen molar-refractivity contribution in [3.8, 4) is 11.5 Å². The molecule has 154 valence electrons. The van der Waals surface area contributed by atoms with Gasteiger partial charge in [-0.2, -0.15) is 0 Å². The van der Waals surface area contributed by atoms with Gasteiger partial charge in [-0.05, 0) is 11.8 Å². The number of carbonyl (C=O) groups is 1. The van der Waals surface area contributed by atoms with Crippen LogP contribution in [-0.4, -0.2) is 43.5 Å². The van der Waals surface area contributed by atoms with Crippen molar-refractivity contribution in [3.05, 3.63) is 18.2 Å². The number of amides is 2. The van der Waals surface area contributed by atoms with Crippen LogP contribution in [0.4, 0.5) is 20.7 Å². The molecule has 1 aromatic carbocycles. The molecule has 0 radical (unpaired) electrons. The number of methoxy groups -OCH3 is 2. The van der Waals surface area contributed by atoms with E-state index in [-0.39, 0.29) is 0 Å². The first kappa shape index (κ1) is 21.7. The van der Waals surface area contributed by atoms with Gasteiger partial charge in [0, 0.05) is 37.0 Å². The minimum Gasteiger partial charge on any atom is -0.497 e. The average Bonchev–Trinajstić information content (AvgIpc) is 3.08. The highest BCUT2D eigenvalue weighted by Crippen LogP contribution is 2.27. The zero-order valence-corrected chi connectivity index (χ0v) is 18.1. The molecule has 0 atom stereocenters. The fraction of sp³-hybridized carbons (Fsp3) is 0.526. The Hall–Kier alpha value is -2.55. The van der Waals surface area contributed by atoms with Crippen LogP contribution >= 0.6 is 11.3 Å². The summed E-state index contributed by atoms with van der Waals surface area (Å²) in [6.45, 7) is 10.5. The monoisotopic (exact) mass is 407 g/mol. The Bertz CT molecular complexity index is 746. The van der Waals surface area contributed by atoms with Crippen LogP contribution in [0.1, 0.15) is 27.7 Å². The van der Waals surface area contributed by atoms with Crippen molar-refractivity contribution >= 4 is 33.3 Å². The van der Waals surface area contributed by atoms with E-state index >= 15 is 0 Å². The molecule has 0 spiro atoms. The highest BCUT2D eigenvalue weighted by atomic mass is 32.1. The molecule has 2 rings (SSSR count). The van der Waals surface area contributed by atoms with E-state index in [9.17, 15) is 4.79 Å². The topological polar surface area (TPSA) is 88.6 Å². The fourth-order valence-corrected chi connectivity index (χ4v) is 3.40. The molecular formula is C19H29N5O3S. The van der Waals surface area contributed by atoms with E-state index in [1.807, 2.05) is 0 Å². The molecule has 1 aromatic heterocycles. The predicted molar refractivity (Wildman–Crippen MR) is 114 cm³/mol. The number of anilines is 3. The largest absolute Gasteiger partial charge is 0.497 e. The van der Waals surface area contributed by atoms with E-state index in [0.29, 0.717) is 34.2 Å². The molecule has 28 heavy (non-hydrogen) atoms. The van der Waals surface area contributed by atoms with Crippen molar-refractivity contribution in [2.24, 2.45) is 11.8 Å². The van der Waals surface area contributed by atoms with Crippen molar-refractivity contribution in [1.82, 2.24) is 10.2 Å². The second-order valence-corrected chi connectivity index (χ2v) is 8.22. The van der Waals surface area contributed by atoms with Crippen LogP contribution in [0.15, 0.2) is 18.2 Å². The number of benzene rings is 1. The van der Waals surface area contributed by atoms with Crippen molar-refractivity contribution in [2.45, 2.75) is 27.7 Å². The minimum atomic E-state index is -0.405. The van der Waals surface area contributed by atoms with E-state index in [2.05, 4.69) is 53.4 Å². The number of rotatable bonds is 9. The Morgan fingerprint density at radius 3 is 2.07 bits per heavy atom. The Labute approximate surface area is 170 Å². The van der Waals surface area contributed by atoms with Gasteiger partial charge in [0.15, 0.2) is 0 Å². The minimum absolute atomic E-state index is 0.405. The summed E-state index contributed by atoms with van der Waals surface area (Å²) in [5.74, 6) is 2.19. The Morgan fingerprint density at radius 1 is 1.00 bits per heavy atom. The Kier molecular flexibility index (Phi) is 7.86. The number of carbonyl (C=O) groups excluding carboxylic acids is 1. The molecule has 0 unspecified atom stereocenters. The van der Waals surface area contributed by atoms with Gasteiger partial charge in [-0.3, -0.25) is 5.32 Å². The van der Waals surface area contributed by atoms with Gasteiger partial charge in [-0.1, -0.05) is 39.0 Å². The first-order valence-corrected chi connectivity index (χ1v) is 10.0. The maximum absolute atomic E-state index is 12.3. The Balaban J connectivity index is 2.05. The van der Waals surface area contributed by atoms with Gasteiger partial charge in [0.1, 0.15) is 11.5 Å². The Morgan fingerprint density at radius 2 is 1.57 bits per heavy atom. The number of aromatic nitrogens is 2. The highest BCUT2D eigenvalue weighted by Gasteiger charge is 2.16. The van der Waals surface area contributed by atoms with E-state index in [4.69, 9.17) is 9.47 Å². The molecule has 9 heteroatoms. The molecule has 0 aliphatic heterocycles. The van der Waals surface area contributed by atoms with Gasteiger partial charge >= 0.3 is 6.03 Å². The lowest BCUT2D eigenvalue weighted by atomic mass is 10.1. The van der Waals surface area contributed by atoms with Crippen LogP contribution in [0.2, 0.25) is 0 Å². The van der Waals surface area contributed by atoms with E-state index < -0.39 is 6.03 Å². The predicted octanol–water partition coefficient (Wildman–Crippen LogP) is 4.32. The van der Waals surface area contributed by atoms with Crippen LogP contribution in [0.3, 0.4) is 0 Å². The van der Waals surface area contributed by atoms with Gasteiger partial charge in [0.25, 0.3) is 0 Å². The number of ether oxygens (including phenoxy) is 2. The van der Waals surface area contributed by atoms with Gasteiger partial charge in [-0.25, -0.2) is 4.79 Å². The fourth-order valence-electron chi connectivity index (χ4n) is 2.65. The molecule has 1 heterocycles. The van der Waals surface area contributed by atoms with Crippen LogP contribution in [0.25, 0.3) is 0 Å². The molecule has 2 aromatic rings. The molecule has 0 saturated heterocycles. The first-order valence-electron chi connectivity index (χ1n) is 9.20. The van der Waals surface area contributed by atoms with Crippen LogP contribution in [-0.2, 0) is 0 Å². The van der Waals surface area contributed by atoms with Crippen LogP contribution in [0, 0.1) is 11.8 Å². The summed E-state index contributed by atoms with van der Waals surface area (Å²) < 4.78 is 10.4. The quantitative estimate of drug-likeness (QED) is 0.644. The molecule has 0 saturated carbocycles. The molecule has 0 fully saturated rings. The molecular weight excluding hydrogens is 378 g/mol. The zero-order chi connectivity index (χ0) is 20.7. The summed E-state index contributed by atoms with van der Waals surface area (Å²) in [6.07, 6.45) is 0. The van der Waals surface area contributed by atoms with Crippen molar-refractivity contribution in [1.29, 1.82) is 0 Å². The maximum atomic E-state index is 12.3. The van der Waals surface area contributed by atoms with Gasteiger partial charge < -0.3 is 19.7 Å². The molecule has 8 nitrogen and oxygen atoms in total. The van der Waals surface area contributed by atoms with E-state index in [0.717, 1.165) is 18.2 Å². The van der Waals surface area contributed by atoms with Crippen molar-refractivity contribution < 1.29 is 14.3 Å². The second kappa shape index (κ2) is 10.1. The van der Waals surface area contributed by atoms with Crippen LogP contribution in [0.5, 0.6) is 11.5 Å². The maximum Gasteiger partial charge on any atom is 0.325 e. The number of hydrogen-bond acceptors (Lipinski definition) is 7. The number of urea groups is 1. The summed E-state index contributed by atoms with van der Waals surface area (Å²) in [5, 5.41) is 15.1. The van der Waals surface area contributed by atoms with Crippen molar-refractivity contribution in [3.63, 3.8) is 0 Å². The highest BCUT2D eigenvalue weighted by molar-refractivity contribution is 7.19. The SMILES string of the molecule is COc1cc(NC(=O)Nc2nnc(N(CC(C)C)CC(C)C)s2)cc(OC)c1. The second-order valence-electron chi connectivity index (χ2n) is 7.26. The van der Waals surface area contributed by atoms with Gasteiger partial charge in [0.2, 0.25) is 10.3 Å². The lowest BCUT2D eigenvalue weighted by Gasteiger charge is -2.25. The lowest BCUT2D eigenvalue weighted by Crippen LogP contribution is -2.31. The average molecular weight is 408 g/mol. The standard InChI is InChI=1S/C19H29N5O3S/c1-12(2)10-24(11-13(3)4)19-23-22-18(28-19)21-17(25)20-14-7-15(26-5)9-16(8-14)27-6/h7-9,12-13H,10-11H2,1-6H3,(H2,20,21,22,25). The van der Waals surface area contributed by atoms with E-state index in [1.54, 1.807) is 32.4 Å². The summed E-state index contributed by atoms with van der Waals surface area (Å²) in [7, 11) is 3.11. The zero-order valence-electron chi connectivity index (χ0n) is 17.3.